The lowest BCUT2D eigenvalue weighted by molar-refractivity contribution is -0.137. The molecule has 1 heterocycles. The van der Waals surface area contributed by atoms with Gasteiger partial charge in [0.25, 0.3) is 0 Å². The molecule has 1 amide bonds. The van der Waals surface area contributed by atoms with Crippen molar-refractivity contribution in [2.45, 2.75) is 45.8 Å². The number of carbonyl (C=O) groups is 1. The first-order chi connectivity index (χ1) is 13.2. The highest BCUT2D eigenvalue weighted by Gasteiger charge is 2.30. The molecule has 0 aliphatic carbocycles. The van der Waals surface area contributed by atoms with Gasteiger partial charge in [-0.15, -0.1) is 0 Å². The Labute approximate surface area is 163 Å². The highest BCUT2D eigenvalue weighted by Crippen LogP contribution is 2.30. The van der Waals surface area contributed by atoms with Crippen molar-refractivity contribution in [3.63, 3.8) is 0 Å². The van der Waals surface area contributed by atoms with E-state index in [4.69, 9.17) is 0 Å². The van der Waals surface area contributed by atoms with Crippen LogP contribution in [0, 0.1) is 0 Å². The molecule has 1 N–H and O–H groups in total. The van der Waals surface area contributed by atoms with Crippen molar-refractivity contribution in [3.8, 4) is 0 Å². The van der Waals surface area contributed by atoms with Crippen molar-refractivity contribution in [1.82, 2.24) is 10.3 Å². The van der Waals surface area contributed by atoms with Crippen LogP contribution in [0.5, 0.6) is 0 Å². The fourth-order valence-electron chi connectivity index (χ4n) is 2.93. The van der Waals surface area contributed by atoms with Crippen LogP contribution in [-0.4, -0.2) is 24.0 Å². The van der Waals surface area contributed by atoms with Crippen LogP contribution in [0.15, 0.2) is 42.6 Å². The number of hydrogen-bond acceptors (Lipinski definition) is 3. The van der Waals surface area contributed by atoms with Crippen LogP contribution in [0.4, 0.5) is 19.0 Å². The molecule has 2 aromatic rings. The fraction of sp³-hybridized carbons (Fsp3) is 0.429. The number of aromatic nitrogens is 1. The molecule has 0 radical (unpaired) electrons. The smallest absolute Gasteiger partial charge is 0.357 e. The minimum absolute atomic E-state index is 0.153. The van der Waals surface area contributed by atoms with Gasteiger partial charge in [0.15, 0.2) is 0 Å². The molecule has 0 bridgehead atoms. The summed E-state index contributed by atoms with van der Waals surface area (Å²) in [4.78, 5) is 18.7. The lowest BCUT2D eigenvalue weighted by Crippen LogP contribution is -2.25. The third-order valence-corrected chi connectivity index (χ3v) is 4.68. The predicted octanol–water partition coefficient (Wildman–Crippen LogP) is 4.76. The SMILES string of the molecule is CCN(CC)c1ccc(CNC(=O)CC(C)c2ccc(C(F)(F)F)cc2)cn1. The maximum absolute atomic E-state index is 12.6. The number of benzene rings is 1. The maximum Gasteiger partial charge on any atom is 0.416 e. The van der Waals surface area contributed by atoms with Crippen molar-refractivity contribution in [2.24, 2.45) is 0 Å². The van der Waals surface area contributed by atoms with Gasteiger partial charge in [-0.05, 0) is 49.1 Å². The largest absolute Gasteiger partial charge is 0.416 e. The first-order valence-electron chi connectivity index (χ1n) is 9.38. The summed E-state index contributed by atoms with van der Waals surface area (Å²) in [5.74, 6) is 0.571. The van der Waals surface area contributed by atoms with Gasteiger partial charge in [-0.3, -0.25) is 4.79 Å². The zero-order valence-corrected chi connectivity index (χ0v) is 16.4. The molecule has 1 aromatic carbocycles. The van der Waals surface area contributed by atoms with Crippen molar-refractivity contribution >= 4 is 11.7 Å². The number of hydrogen-bond donors (Lipinski definition) is 1. The van der Waals surface area contributed by atoms with E-state index in [-0.39, 0.29) is 18.2 Å². The summed E-state index contributed by atoms with van der Waals surface area (Å²) in [6, 6.07) is 8.81. The Balaban J connectivity index is 1.86. The van der Waals surface area contributed by atoms with E-state index in [1.54, 1.807) is 6.20 Å². The van der Waals surface area contributed by atoms with Crippen molar-refractivity contribution in [1.29, 1.82) is 0 Å². The number of carbonyl (C=O) groups excluding carboxylic acids is 1. The van der Waals surface area contributed by atoms with Gasteiger partial charge in [0.2, 0.25) is 5.91 Å². The number of nitrogens with zero attached hydrogens (tertiary/aromatic N) is 2. The Hall–Kier alpha value is -2.57. The number of alkyl halides is 3. The molecule has 4 nitrogen and oxygen atoms in total. The summed E-state index contributed by atoms with van der Waals surface area (Å²) < 4.78 is 37.9. The Morgan fingerprint density at radius 2 is 1.75 bits per heavy atom. The molecular formula is C21H26F3N3O. The van der Waals surface area contributed by atoms with Crippen molar-refractivity contribution in [2.75, 3.05) is 18.0 Å². The Kier molecular flexibility index (Phi) is 7.43. The molecule has 0 aliphatic heterocycles. The molecule has 1 atom stereocenters. The predicted molar refractivity (Wildman–Crippen MR) is 104 cm³/mol. The van der Waals surface area contributed by atoms with Gasteiger partial charge in [0.05, 0.1) is 5.56 Å². The van der Waals surface area contributed by atoms with E-state index >= 15 is 0 Å². The van der Waals surface area contributed by atoms with E-state index in [0.717, 1.165) is 36.6 Å². The van der Waals surface area contributed by atoms with E-state index in [1.807, 2.05) is 19.1 Å². The van der Waals surface area contributed by atoms with E-state index < -0.39 is 11.7 Å². The van der Waals surface area contributed by atoms with Crippen LogP contribution < -0.4 is 10.2 Å². The summed E-state index contributed by atoms with van der Waals surface area (Å²) in [5.41, 5.74) is 0.911. The van der Waals surface area contributed by atoms with Crippen LogP contribution in [0.1, 0.15) is 49.8 Å². The molecule has 0 fully saturated rings. The van der Waals surface area contributed by atoms with Crippen LogP contribution in [-0.2, 0) is 17.5 Å². The molecule has 0 saturated carbocycles. The molecule has 7 heteroatoms. The normalized spacial score (nSPS) is 12.5. The Morgan fingerprint density at radius 3 is 2.25 bits per heavy atom. The summed E-state index contributed by atoms with van der Waals surface area (Å²) in [5, 5.41) is 2.84. The van der Waals surface area contributed by atoms with Gasteiger partial charge in [0, 0.05) is 32.3 Å². The van der Waals surface area contributed by atoms with Gasteiger partial charge in [-0.25, -0.2) is 4.98 Å². The minimum atomic E-state index is -4.35. The van der Waals surface area contributed by atoms with Crippen LogP contribution >= 0.6 is 0 Å². The standard InChI is InChI=1S/C21H26F3N3O/c1-4-27(5-2)19-11-6-16(13-25-19)14-26-20(28)12-15(3)17-7-9-18(10-8-17)21(22,23)24/h6-11,13,15H,4-5,12,14H2,1-3H3,(H,26,28). The molecule has 2 rings (SSSR count). The van der Waals surface area contributed by atoms with Crippen molar-refractivity contribution in [3.05, 3.63) is 59.3 Å². The van der Waals surface area contributed by atoms with Gasteiger partial charge in [-0.2, -0.15) is 13.2 Å². The van der Waals surface area contributed by atoms with Gasteiger partial charge in [0.1, 0.15) is 5.82 Å². The topological polar surface area (TPSA) is 45.2 Å². The second kappa shape index (κ2) is 9.57. The zero-order chi connectivity index (χ0) is 20.7. The number of rotatable bonds is 8. The summed E-state index contributed by atoms with van der Waals surface area (Å²) in [6.45, 7) is 8.07. The number of pyridine rings is 1. The Morgan fingerprint density at radius 1 is 1.11 bits per heavy atom. The minimum Gasteiger partial charge on any atom is -0.357 e. The maximum atomic E-state index is 12.6. The molecule has 0 saturated heterocycles. The lowest BCUT2D eigenvalue weighted by atomic mass is 9.96. The van der Waals surface area contributed by atoms with E-state index in [9.17, 15) is 18.0 Å². The van der Waals surface area contributed by atoms with Gasteiger partial charge >= 0.3 is 6.18 Å². The highest BCUT2D eigenvalue weighted by molar-refractivity contribution is 5.76. The number of nitrogens with one attached hydrogen (secondary N) is 1. The number of amides is 1. The van der Waals surface area contributed by atoms with Gasteiger partial charge < -0.3 is 10.2 Å². The monoisotopic (exact) mass is 393 g/mol. The summed E-state index contributed by atoms with van der Waals surface area (Å²) in [6.07, 6.45) is -2.41. The second-order valence-corrected chi connectivity index (χ2v) is 6.70. The molecule has 0 aliphatic rings. The highest BCUT2D eigenvalue weighted by atomic mass is 19.4. The third-order valence-electron chi connectivity index (χ3n) is 4.68. The third kappa shape index (κ3) is 5.97. The van der Waals surface area contributed by atoms with Crippen LogP contribution in [0.25, 0.3) is 0 Å². The molecule has 1 unspecified atom stereocenters. The van der Waals surface area contributed by atoms with E-state index in [0.29, 0.717) is 12.1 Å². The fourth-order valence-corrected chi connectivity index (χ4v) is 2.93. The lowest BCUT2D eigenvalue weighted by Gasteiger charge is -2.19. The van der Waals surface area contributed by atoms with Crippen LogP contribution in [0.3, 0.4) is 0 Å². The molecule has 152 valence electrons. The molecular weight excluding hydrogens is 367 g/mol. The first kappa shape index (κ1) is 21.7. The number of anilines is 1. The zero-order valence-electron chi connectivity index (χ0n) is 16.4. The summed E-state index contributed by atoms with van der Waals surface area (Å²) in [7, 11) is 0. The van der Waals surface area contributed by atoms with E-state index in [1.165, 1.54) is 12.1 Å². The average Bonchev–Trinajstić information content (AvgIpc) is 2.67. The van der Waals surface area contributed by atoms with Crippen LogP contribution in [0.2, 0.25) is 0 Å². The Bertz CT molecular complexity index is 754. The summed E-state index contributed by atoms with van der Waals surface area (Å²) >= 11 is 0. The quantitative estimate of drug-likeness (QED) is 0.704. The number of halogens is 3. The first-order valence-corrected chi connectivity index (χ1v) is 9.38. The van der Waals surface area contributed by atoms with E-state index in [2.05, 4.69) is 29.0 Å². The molecule has 1 aromatic heterocycles. The van der Waals surface area contributed by atoms with Crippen molar-refractivity contribution < 1.29 is 18.0 Å². The van der Waals surface area contributed by atoms with Gasteiger partial charge in [-0.1, -0.05) is 25.1 Å². The molecule has 0 spiro atoms. The second-order valence-electron chi connectivity index (χ2n) is 6.70. The molecule has 28 heavy (non-hydrogen) atoms. The average molecular weight is 393 g/mol.